The molecule has 20 heavy (non-hydrogen) atoms. The summed E-state index contributed by atoms with van der Waals surface area (Å²) in [6.45, 7) is 0. The van der Waals surface area contributed by atoms with E-state index >= 15 is 0 Å². The Morgan fingerprint density at radius 3 is 2.40 bits per heavy atom. The molecule has 0 saturated heterocycles. The molecule has 0 heterocycles. The van der Waals surface area contributed by atoms with Gasteiger partial charge in [0.2, 0.25) is 0 Å². The molecule has 0 radical (unpaired) electrons. The molecule has 0 aliphatic rings. The van der Waals surface area contributed by atoms with Gasteiger partial charge in [0.25, 0.3) is 5.69 Å². The minimum Gasteiger partial charge on any atom is -0.455 e. The van der Waals surface area contributed by atoms with Crippen LogP contribution in [0.1, 0.15) is 5.56 Å². The largest absolute Gasteiger partial charge is 0.455 e. The number of hydrogen-bond donors (Lipinski definition) is 0. The molecular weight excluding hydrogens is 325 g/mol. The lowest BCUT2D eigenvalue weighted by atomic mass is 10.2. The second-order valence-corrected chi connectivity index (χ2v) is 4.97. The molecule has 7 heteroatoms. The summed E-state index contributed by atoms with van der Waals surface area (Å²) in [7, 11) is 0. The predicted octanol–water partition coefficient (Wildman–Crippen LogP) is 5.43. The standard InChI is InChI=1S/C13H8Cl3NO3/c14-7-8-5-10(17(18)19)2-4-12(8)20-13-3-1-9(15)6-11(13)16/h1-6H,7H2. The summed E-state index contributed by atoms with van der Waals surface area (Å²) in [6, 6.07) is 8.99. The molecule has 0 bridgehead atoms. The van der Waals surface area contributed by atoms with Gasteiger partial charge in [-0.05, 0) is 24.3 Å². The van der Waals surface area contributed by atoms with Crippen molar-refractivity contribution in [2.24, 2.45) is 0 Å². The van der Waals surface area contributed by atoms with Crippen molar-refractivity contribution in [1.82, 2.24) is 0 Å². The van der Waals surface area contributed by atoms with Crippen molar-refractivity contribution in [2.75, 3.05) is 0 Å². The highest BCUT2D eigenvalue weighted by molar-refractivity contribution is 6.35. The van der Waals surface area contributed by atoms with E-state index in [0.29, 0.717) is 27.1 Å². The van der Waals surface area contributed by atoms with Gasteiger partial charge < -0.3 is 4.74 Å². The summed E-state index contributed by atoms with van der Waals surface area (Å²) in [5, 5.41) is 11.5. The van der Waals surface area contributed by atoms with Gasteiger partial charge in [-0.1, -0.05) is 23.2 Å². The third kappa shape index (κ3) is 3.33. The van der Waals surface area contributed by atoms with Crippen LogP contribution in [0.3, 0.4) is 0 Å². The van der Waals surface area contributed by atoms with Crippen molar-refractivity contribution in [3.05, 3.63) is 62.1 Å². The number of benzene rings is 2. The molecule has 0 aromatic heterocycles. The Labute approximate surface area is 130 Å². The van der Waals surface area contributed by atoms with Gasteiger partial charge in [-0.15, -0.1) is 11.6 Å². The van der Waals surface area contributed by atoms with E-state index in [1.165, 1.54) is 18.2 Å². The normalized spacial score (nSPS) is 10.3. The van der Waals surface area contributed by atoms with Gasteiger partial charge in [0.15, 0.2) is 0 Å². The molecule has 0 N–H and O–H groups in total. The zero-order valence-electron chi connectivity index (χ0n) is 9.98. The molecule has 4 nitrogen and oxygen atoms in total. The summed E-state index contributed by atoms with van der Waals surface area (Å²) in [4.78, 5) is 10.2. The van der Waals surface area contributed by atoms with E-state index in [0.717, 1.165) is 0 Å². The average Bonchev–Trinajstić information content (AvgIpc) is 2.42. The Kier molecular flexibility index (Phi) is 4.70. The van der Waals surface area contributed by atoms with E-state index < -0.39 is 4.92 Å². The number of ether oxygens (including phenoxy) is 1. The zero-order chi connectivity index (χ0) is 14.7. The highest BCUT2D eigenvalue weighted by atomic mass is 35.5. The van der Waals surface area contributed by atoms with E-state index in [4.69, 9.17) is 39.5 Å². The van der Waals surface area contributed by atoms with Crippen LogP contribution < -0.4 is 4.74 Å². The Bertz CT molecular complexity index is 661. The average molecular weight is 333 g/mol. The second kappa shape index (κ2) is 6.31. The van der Waals surface area contributed by atoms with Crippen LogP contribution in [0.15, 0.2) is 36.4 Å². The van der Waals surface area contributed by atoms with Crippen LogP contribution in [0, 0.1) is 10.1 Å². The zero-order valence-corrected chi connectivity index (χ0v) is 12.2. The fourth-order valence-corrected chi connectivity index (χ4v) is 2.22. The van der Waals surface area contributed by atoms with Crippen LogP contribution in [0.5, 0.6) is 11.5 Å². The Hall–Kier alpha value is -1.49. The van der Waals surface area contributed by atoms with E-state index in [2.05, 4.69) is 0 Å². The van der Waals surface area contributed by atoms with Crippen LogP contribution in [-0.4, -0.2) is 4.92 Å². The van der Waals surface area contributed by atoms with Crippen molar-refractivity contribution in [1.29, 1.82) is 0 Å². The maximum Gasteiger partial charge on any atom is 0.270 e. The van der Waals surface area contributed by atoms with E-state index in [-0.39, 0.29) is 11.6 Å². The lowest BCUT2D eigenvalue weighted by Gasteiger charge is -2.11. The van der Waals surface area contributed by atoms with Crippen molar-refractivity contribution in [3.63, 3.8) is 0 Å². The number of nitrogens with zero attached hydrogens (tertiary/aromatic N) is 1. The molecule has 0 spiro atoms. The minimum absolute atomic E-state index is 0.0461. The molecule has 0 aliphatic carbocycles. The lowest BCUT2D eigenvalue weighted by Crippen LogP contribution is -1.94. The van der Waals surface area contributed by atoms with Gasteiger partial charge in [-0.2, -0.15) is 0 Å². The predicted molar refractivity (Wildman–Crippen MR) is 79.2 cm³/mol. The molecule has 0 saturated carbocycles. The first kappa shape index (κ1) is 14.9. The third-order valence-electron chi connectivity index (χ3n) is 2.51. The summed E-state index contributed by atoms with van der Waals surface area (Å²) in [6.07, 6.45) is 0. The highest BCUT2D eigenvalue weighted by Gasteiger charge is 2.13. The topological polar surface area (TPSA) is 52.4 Å². The molecule has 0 amide bonds. The fourth-order valence-electron chi connectivity index (χ4n) is 1.56. The van der Waals surface area contributed by atoms with Crippen molar-refractivity contribution in [2.45, 2.75) is 5.88 Å². The van der Waals surface area contributed by atoms with Crippen molar-refractivity contribution < 1.29 is 9.66 Å². The number of hydrogen-bond acceptors (Lipinski definition) is 3. The smallest absolute Gasteiger partial charge is 0.270 e. The summed E-state index contributed by atoms with van der Waals surface area (Å²) in [5.74, 6) is 0.897. The van der Waals surface area contributed by atoms with Gasteiger partial charge in [0, 0.05) is 22.7 Å². The molecule has 2 rings (SSSR count). The Morgan fingerprint density at radius 2 is 1.80 bits per heavy atom. The summed E-state index contributed by atoms with van der Waals surface area (Å²) in [5.41, 5.74) is 0.460. The van der Waals surface area contributed by atoms with Gasteiger partial charge in [-0.25, -0.2) is 0 Å². The maximum atomic E-state index is 10.7. The van der Waals surface area contributed by atoms with Gasteiger partial charge in [0.05, 0.1) is 15.8 Å². The first-order valence-corrected chi connectivity index (χ1v) is 6.76. The van der Waals surface area contributed by atoms with Crippen molar-refractivity contribution in [3.8, 4) is 11.5 Å². The number of halogens is 3. The molecule has 0 unspecified atom stereocenters. The summed E-state index contributed by atoms with van der Waals surface area (Å²) < 4.78 is 5.62. The van der Waals surface area contributed by atoms with Gasteiger partial charge in [0.1, 0.15) is 11.5 Å². The molecule has 0 atom stereocenters. The third-order valence-corrected chi connectivity index (χ3v) is 3.33. The molecule has 0 aliphatic heterocycles. The highest BCUT2D eigenvalue weighted by Crippen LogP contribution is 2.34. The molecule has 104 valence electrons. The number of nitro groups is 1. The van der Waals surface area contributed by atoms with Gasteiger partial charge >= 0.3 is 0 Å². The van der Waals surface area contributed by atoms with Crippen LogP contribution in [0.4, 0.5) is 5.69 Å². The quantitative estimate of drug-likeness (QED) is 0.426. The SMILES string of the molecule is O=[N+]([O-])c1ccc(Oc2ccc(Cl)cc2Cl)c(CCl)c1. The summed E-state index contributed by atoms with van der Waals surface area (Å²) >= 11 is 17.6. The second-order valence-electron chi connectivity index (χ2n) is 3.86. The number of alkyl halides is 1. The number of rotatable bonds is 4. The Balaban J connectivity index is 2.35. The number of nitro benzene ring substituents is 1. The molecular formula is C13H8Cl3NO3. The van der Waals surface area contributed by atoms with Crippen molar-refractivity contribution >= 4 is 40.5 Å². The van der Waals surface area contributed by atoms with Crippen LogP contribution >= 0.6 is 34.8 Å². The minimum atomic E-state index is -0.491. The monoisotopic (exact) mass is 331 g/mol. The van der Waals surface area contributed by atoms with E-state index in [1.807, 2.05) is 0 Å². The molecule has 2 aromatic rings. The number of non-ortho nitro benzene ring substituents is 1. The Morgan fingerprint density at radius 1 is 1.10 bits per heavy atom. The van der Waals surface area contributed by atoms with Crippen LogP contribution in [0.2, 0.25) is 10.0 Å². The van der Waals surface area contributed by atoms with Gasteiger partial charge in [-0.3, -0.25) is 10.1 Å². The first-order chi connectivity index (χ1) is 9.51. The fraction of sp³-hybridized carbons (Fsp3) is 0.0769. The van der Waals surface area contributed by atoms with E-state index in [1.54, 1.807) is 18.2 Å². The van der Waals surface area contributed by atoms with E-state index in [9.17, 15) is 10.1 Å². The molecule has 0 fully saturated rings. The molecule has 2 aromatic carbocycles. The van der Waals surface area contributed by atoms with Crippen LogP contribution in [-0.2, 0) is 5.88 Å². The first-order valence-electron chi connectivity index (χ1n) is 5.47. The maximum absolute atomic E-state index is 10.7. The van der Waals surface area contributed by atoms with Crippen LogP contribution in [0.25, 0.3) is 0 Å². The lowest BCUT2D eigenvalue weighted by molar-refractivity contribution is -0.384.